The smallest absolute Gasteiger partial charge is 0.332 e. The summed E-state index contributed by atoms with van der Waals surface area (Å²) in [5.74, 6) is 0. The average Bonchev–Trinajstić information content (AvgIpc) is 2.78. The van der Waals surface area contributed by atoms with E-state index >= 15 is 0 Å². The molecule has 104 valence electrons. The van der Waals surface area contributed by atoms with E-state index in [-0.39, 0.29) is 30.7 Å². The third kappa shape index (κ3) is 2.20. The first kappa shape index (κ1) is 13.5. The molecule has 0 radical (unpaired) electrons. The van der Waals surface area contributed by atoms with E-state index < -0.39 is 17.4 Å². The lowest BCUT2D eigenvalue weighted by Crippen LogP contribution is -2.37. The Kier molecular flexibility index (Phi) is 3.54. The second-order valence-corrected chi connectivity index (χ2v) is 4.44. The summed E-state index contributed by atoms with van der Waals surface area (Å²) >= 11 is 0. The molecule has 0 bridgehead atoms. The fraction of sp³-hybridized carbons (Fsp3) is 0.545. The zero-order valence-electron chi connectivity index (χ0n) is 10.8. The number of aromatic nitrogens is 4. The lowest BCUT2D eigenvalue weighted by Gasteiger charge is -2.10. The van der Waals surface area contributed by atoms with Crippen LogP contribution in [0.4, 0.5) is 0 Å². The molecule has 2 aromatic heterocycles. The molecule has 1 atom stereocenters. The van der Waals surface area contributed by atoms with Crippen molar-refractivity contribution in [1.82, 2.24) is 18.7 Å². The van der Waals surface area contributed by atoms with Crippen molar-refractivity contribution in [3.63, 3.8) is 0 Å². The Labute approximate surface area is 108 Å². The van der Waals surface area contributed by atoms with Gasteiger partial charge >= 0.3 is 5.69 Å². The molecular weight excluding hydrogens is 252 g/mol. The van der Waals surface area contributed by atoms with Crippen LogP contribution in [0.5, 0.6) is 0 Å². The lowest BCUT2D eigenvalue weighted by atomic mass is 10.2. The normalized spacial score (nSPS) is 13.1. The van der Waals surface area contributed by atoms with Crippen molar-refractivity contribution in [3.05, 3.63) is 27.2 Å². The van der Waals surface area contributed by atoms with Crippen molar-refractivity contribution >= 4 is 11.2 Å². The predicted molar refractivity (Wildman–Crippen MR) is 67.9 cm³/mol. The minimum atomic E-state index is -0.774. The van der Waals surface area contributed by atoms with Crippen LogP contribution in [0.1, 0.15) is 6.42 Å². The molecule has 0 fully saturated rings. The van der Waals surface area contributed by atoms with Crippen LogP contribution in [0.3, 0.4) is 0 Å². The Morgan fingerprint density at radius 1 is 1.32 bits per heavy atom. The maximum absolute atomic E-state index is 12.1. The van der Waals surface area contributed by atoms with Gasteiger partial charge in [-0.15, -0.1) is 0 Å². The number of imidazole rings is 1. The largest absolute Gasteiger partial charge is 0.396 e. The second kappa shape index (κ2) is 4.98. The summed E-state index contributed by atoms with van der Waals surface area (Å²) in [6, 6.07) is 0. The zero-order chi connectivity index (χ0) is 14.2. The van der Waals surface area contributed by atoms with E-state index in [9.17, 15) is 14.7 Å². The van der Waals surface area contributed by atoms with E-state index in [1.807, 2.05) is 0 Å². The number of rotatable bonds is 4. The molecule has 2 rings (SSSR count). The van der Waals surface area contributed by atoms with Crippen LogP contribution in [-0.4, -0.2) is 41.6 Å². The third-order valence-electron chi connectivity index (χ3n) is 3.09. The molecule has 0 spiro atoms. The highest BCUT2D eigenvalue weighted by molar-refractivity contribution is 5.69. The van der Waals surface area contributed by atoms with Gasteiger partial charge in [-0.3, -0.25) is 13.9 Å². The number of hydrogen-bond donors (Lipinski definition) is 2. The average molecular weight is 268 g/mol. The van der Waals surface area contributed by atoms with Gasteiger partial charge in [0.1, 0.15) is 0 Å². The fourth-order valence-electron chi connectivity index (χ4n) is 2.00. The van der Waals surface area contributed by atoms with Crippen LogP contribution in [0.2, 0.25) is 0 Å². The summed E-state index contributed by atoms with van der Waals surface area (Å²) < 4.78 is 3.78. The van der Waals surface area contributed by atoms with Gasteiger partial charge < -0.3 is 14.8 Å². The number of aliphatic hydroxyl groups excluding tert-OH is 2. The molecule has 19 heavy (non-hydrogen) atoms. The first-order valence-electron chi connectivity index (χ1n) is 5.87. The number of fused-ring (bicyclic) bond motifs is 1. The molecule has 8 nitrogen and oxygen atoms in total. The minimum Gasteiger partial charge on any atom is -0.396 e. The third-order valence-corrected chi connectivity index (χ3v) is 3.09. The Bertz CT molecular complexity index is 712. The van der Waals surface area contributed by atoms with Gasteiger partial charge in [0.25, 0.3) is 5.56 Å². The van der Waals surface area contributed by atoms with Crippen molar-refractivity contribution in [2.24, 2.45) is 14.1 Å². The molecule has 8 heteroatoms. The first-order valence-corrected chi connectivity index (χ1v) is 5.87. The molecule has 0 amide bonds. The maximum atomic E-state index is 12.1. The van der Waals surface area contributed by atoms with Gasteiger partial charge in [-0.1, -0.05) is 0 Å². The van der Waals surface area contributed by atoms with Crippen LogP contribution in [-0.2, 0) is 20.6 Å². The molecule has 2 heterocycles. The van der Waals surface area contributed by atoms with Crippen molar-refractivity contribution in [1.29, 1.82) is 0 Å². The van der Waals surface area contributed by atoms with Crippen LogP contribution in [0, 0.1) is 0 Å². The number of nitrogens with zero attached hydrogens (tertiary/aromatic N) is 4. The van der Waals surface area contributed by atoms with Crippen molar-refractivity contribution in [3.8, 4) is 0 Å². The van der Waals surface area contributed by atoms with Gasteiger partial charge in [0.15, 0.2) is 11.2 Å². The van der Waals surface area contributed by atoms with E-state index in [0.29, 0.717) is 0 Å². The van der Waals surface area contributed by atoms with Gasteiger partial charge in [-0.05, 0) is 6.42 Å². The molecule has 1 unspecified atom stereocenters. The number of aliphatic hydroxyl groups is 2. The van der Waals surface area contributed by atoms with Gasteiger partial charge in [-0.2, -0.15) is 0 Å². The van der Waals surface area contributed by atoms with Crippen molar-refractivity contribution in [2.75, 3.05) is 6.61 Å². The number of hydrogen-bond acceptors (Lipinski definition) is 5. The molecule has 0 aromatic carbocycles. The van der Waals surface area contributed by atoms with Crippen LogP contribution >= 0.6 is 0 Å². The molecule has 0 aliphatic carbocycles. The van der Waals surface area contributed by atoms with E-state index in [1.54, 1.807) is 0 Å². The monoisotopic (exact) mass is 268 g/mol. The summed E-state index contributed by atoms with van der Waals surface area (Å²) in [5, 5.41) is 18.4. The summed E-state index contributed by atoms with van der Waals surface area (Å²) in [7, 11) is 2.93. The van der Waals surface area contributed by atoms with Gasteiger partial charge in [0, 0.05) is 20.7 Å². The maximum Gasteiger partial charge on any atom is 0.332 e. The Hall–Kier alpha value is -1.93. The van der Waals surface area contributed by atoms with Crippen molar-refractivity contribution in [2.45, 2.75) is 19.1 Å². The quantitative estimate of drug-likeness (QED) is 0.679. The highest BCUT2D eigenvalue weighted by Crippen LogP contribution is 2.07. The molecule has 0 saturated carbocycles. The van der Waals surface area contributed by atoms with Gasteiger partial charge in [0.05, 0.1) is 19.0 Å². The molecule has 0 aliphatic rings. The van der Waals surface area contributed by atoms with E-state index in [2.05, 4.69) is 4.98 Å². The SMILES string of the molecule is Cn1c(=O)c2c(ncn2CC(O)CCO)n(C)c1=O. The summed E-state index contributed by atoms with van der Waals surface area (Å²) in [6.07, 6.45) is 0.849. The minimum absolute atomic E-state index is 0.135. The van der Waals surface area contributed by atoms with Crippen LogP contribution < -0.4 is 11.2 Å². The topological polar surface area (TPSA) is 102 Å². The van der Waals surface area contributed by atoms with Gasteiger partial charge in [0.2, 0.25) is 0 Å². The first-order chi connectivity index (χ1) is 8.97. The lowest BCUT2D eigenvalue weighted by molar-refractivity contribution is 0.118. The zero-order valence-corrected chi connectivity index (χ0v) is 10.8. The summed E-state index contributed by atoms with van der Waals surface area (Å²) in [5.41, 5.74) is -0.351. The van der Waals surface area contributed by atoms with E-state index in [0.717, 1.165) is 4.57 Å². The second-order valence-electron chi connectivity index (χ2n) is 4.44. The molecular formula is C11H16N4O4. The van der Waals surface area contributed by atoms with E-state index in [4.69, 9.17) is 5.11 Å². The van der Waals surface area contributed by atoms with Gasteiger partial charge in [-0.25, -0.2) is 9.78 Å². The van der Waals surface area contributed by atoms with Crippen LogP contribution in [0.25, 0.3) is 11.2 Å². The summed E-state index contributed by atoms with van der Waals surface area (Å²) in [6.45, 7) is 0.00873. The Morgan fingerprint density at radius 3 is 2.63 bits per heavy atom. The Morgan fingerprint density at radius 2 is 2.00 bits per heavy atom. The number of aryl methyl sites for hydroxylation is 1. The molecule has 0 aliphatic heterocycles. The molecule has 2 aromatic rings. The summed E-state index contributed by atoms with van der Waals surface area (Å²) in [4.78, 5) is 27.8. The highest BCUT2D eigenvalue weighted by Gasteiger charge is 2.15. The fourth-order valence-corrected chi connectivity index (χ4v) is 2.00. The standard InChI is InChI=1S/C11H16N4O4/c1-13-9-8(10(18)14(2)11(13)19)15(6-12-9)5-7(17)3-4-16/h6-7,16-17H,3-5H2,1-2H3. The molecule has 2 N–H and O–H groups in total. The molecule has 0 saturated heterocycles. The van der Waals surface area contributed by atoms with E-state index in [1.165, 1.54) is 29.6 Å². The highest BCUT2D eigenvalue weighted by atomic mass is 16.3. The van der Waals surface area contributed by atoms with Crippen LogP contribution in [0.15, 0.2) is 15.9 Å². The Balaban J connectivity index is 2.60. The van der Waals surface area contributed by atoms with Crippen molar-refractivity contribution < 1.29 is 10.2 Å². The predicted octanol–water partition coefficient (Wildman–Crippen LogP) is -1.82.